The predicted octanol–water partition coefficient (Wildman–Crippen LogP) is 3.86. The van der Waals surface area contributed by atoms with Crippen molar-refractivity contribution in [2.45, 2.75) is 17.7 Å². The van der Waals surface area contributed by atoms with E-state index in [2.05, 4.69) is 5.32 Å². The number of amides is 2. The van der Waals surface area contributed by atoms with Crippen LogP contribution in [0.25, 0.3) is 6.08 Å². The number of nitrogens with zero attached hydrogens (tertiary/aromatic N) is 1. The Morgan fingerprint density at radius 2 is 1.80 bits per heavy atom. The second kappa shape index (κ2) is 11.5. The Labute approximate surface area is 182 Å². The summed E-state index contributed by atoms with van der Waals surface area (Å²) in [7, 11) is 0. The fourth-order valence-corrected chi connectivity index (χ4v) is 3.74. The molecule has 1 aliphatic heterocycles. The minimum atomic E-state index is -0.0845. The average Bonchev–Trinajstić information content (AvgIpc) is 2.81. The molecule has 0 saturated carbocycles. The van der Waals surface area contributed by atoms with Gasteiger partial charge in [0.05, 0.1) is 0 Å². The van der Waals surface area contributed by atoms with E-state index in [9.17, 15) is 9.59 Å². The van der Waals surface area contributed by atoms with Gasteiger partial charge in [0.2, 0.25) is 5.91 Å². The molecule has 1 N–H and O–H groups in total. The van der Waals surface area contributed by atoms with Gasteiger partial charge in [-0.15, -0.1) is 11.8 Å². The number of carbonyl (C=O) groups is 2. The number of likely N-dealkylation sites (tertiary alicyclic amines) is 1. The van der Waals surface area contributed by atoms with Gasteiger partial charge in [0.25, 0.3) is 5.91 Å². The molecule has 2 aromatic rings. The van der Waals surface area contributed by atoms with Crippen LogP contribution in [0.15, 0.2) is 65.6 Å². The SMILES string of the molecule is CSc1ccc(C=CC(=O)NCC2CCN(C(=O)COc3ccccc3)CC2)cc1. The third-order valence-corrected chi connectivity index (χ3v) is 5.92. The zero-order chi connectivity index (χ0) is 21.2. The number of para-hydroxylation sites is 1. The first kappa shape index (κ1) is 22.0. The summed E-state index contributed by atoms with van der Waals surface area (Å²) in [5.74, 6) is 1.02. The van der Waals surface area contributed by atoms with Crippen LogP contribution in [0.4, 0.5) is 0 Å². The molecular weight excluding hydrogens is 396 g/mol. The molecule has 1 saturated heterocycles. The molecule has 0 bridgehead atoms. The summed E-state index contributed by atoms with van der Waals surface area (Å²) in [6.07, 6.45) is 7.22. The molecule has 0 aliphatic carbocycles. The van der Waals surface area contributed by atoms with Crippen LogP contribution in [0, 0.1) is 5.92 Å². The monoisotopic (exact) mass is 424 g/mol. The lowest BCUT2D eigenvalue weighted by molar-refractivity contribution is -0.134. The van der Waals surface area contributed by atoms with E-state index in [0.29, 0.717) is 31.3 Å². The van der Waals surface area contributed by atoms with Crippen molar-refractivity contribution in [2.24, 2.45) is 5.92 Å². The van der Waals surface area contributed by atoms with Crippen molar-refractivity contribution >= 4 is 29.7 Å². The van der Waals surface area contributed by atoms with E-state index in [-0.39, 0.29) is 18.4 Å². The summed E-state index contributed by atoms with van der Waals surface area (Å²) in [5, 5.41) is 2.98. The lowest BCUT2D eigenvalue weighted by Gasteiger charge is -2.32. The molecule has 0 radical (unpaired) electrons. The standard InChI is InChI=1S/C24H28N2O3S/c1-30-22-10-7-19(8-11-22)9-12-23(27)25-17-20-13-15-26(16-14-20)24(28)18-29-21-5-3-2-4-6-21/h2-12,20H,13-18H2,1H3,(H,25,27). The van der Waals surface area contributed by atoms with E-state index in [1.54, 1.807) is 17.8 Å². The van der Waals surface area contributed by atoms with Crippen LogP contribution in [0.5, 0.6) is 5.75 Å². The molecule has 0 aromatic heterocycles. The smallest absolute Gasteiger partial charge is 0.260 e. The van der Waals surface area contributed by atoms with Crippen LogP contribution in [-0.4, -0.2) is 49.2 Å². The molecule has 1 fully saturated rings. The maximum Gasteiger partial charge on any atom is 0.260 e. The first-order valence-corrected chi connectivity index (χ1v) is 11.4. The Morgan fingerprint density at radius 3 is 2.47 bits per heavy atom. The van der Waals surface area contributed by atoms with Crippen molar-refractivity contribution in [1.82, 2.24) is 10.2 Å². The number of ether oxygens (including phenoxy) is 1. The van der Waals surface area contributed by atoms with E-state index >= 15 is 0 Å². The van der Waals surface area contributed by atoms with Crippen molar-refractivity contribution in [1.29, 1.82) is 0 Å². The minimum Gasteiger partial charge on any atom is -0.484 e. The van der Waals surface area contributed by atoms with Gasteiger partial charge in [-0.2, -0.15) is 0 Å². The summed E-state index contributed by atoms with van der Waals surface area (Å²) in [5.41, 5.74) is 1.01. The molecule has 6 heteroatoms. The summed E-state index contributed by atoms with van der Waals surface area (Å²) >= 11 is 1.69. The van der Waals surface area contributed by atoms with Crippen LogP contribution < -0.4 is 10.1 Å². The van der Waals surface area contributed by atoms with Gasteiger partial charge in [0.1, 0.15) is 5.75 Å². The first-order chi connectivity index (χ1) is 14.6. The van der Waals surface area contributed by atoms with Gasteiger partial charge in [-0.3, -0.25) is 9.59 Å². The van der Waals surface area contributed by atoms with Crippen LogP contribution in [0.3, 0.4) is 0 Å². The summed E-state index contributed by atoms with van der Waals surface area (Å²) < 4.78 is 5.55. The molecule has 158 valence electrons. The Hall–Kier alpha value is -2.73. The van der Waals surface area contributed by atoms with E-state index in [4.69, 9.17) is 4.74 Å². The number of rotatable bonds is 8. The van der Waals surface area contributed by atoms with Crippen LogP contribution >= 0.6 is 11.8 Å². The molecule has 2 amide bonds. The highest BCUT2D eigenvalue weighted by Gasteiger charge is 2.23. The number of hydrogen-bond donors (Lipinski definition) is 1. The Morgan fingerprint density at radius 1 is 1.10 bits per heavy atom. The number of hydrogen-bond acceptors (Lipinski definition) is 4. The molecule has 2 aromatic carbocycles. The third-order valence-electron chi connectivity index (χ3n) is 5.18. The van der Waals surface area contributed by atoms with Gasteiger partial charge in [0, 0.05) is 30.6 Å². The Balaban J connectivity index is 1.34. The maximum absolute atomic E-state index is 12.3. The largest absolute Gasteiger partial charge is 0.484 e. The van der Waals surface area contributed by atoms with Crippen molar-refractivity contribution < 1.29 is 14.3 Å². The van der Waals surface area contributed by atoms with E-state index < -0.39 is 0 Å². The number of benzene rings is 2. The fourth-order valence-electron chi connectivity index (χ4n) is 3.33. The van der Waals surface area contributed by atoms with Crippen molar-refractivity contribution in [3.8, 4) is 5.75 Å². The number of nitrogens with one attached hydrogen (secondary N) is 1. The van der Waals surface area contributed by atoms with E-state index in [1.165, 1.54) is 4.90 Å². The highest BCUT2D eigenvalue weighted by atomic mass is 32.2. The number of carbonyl (C=O) groups excluding carboxylic acids is 2. The molecule has 5 nitrogen and oxygen atoms in total. The summed E-state index contributed by atoms with van der Waals surface area (Å²) in [6, 6.07) is 17.5. The zero-order valence-corrected chi connectivity index (χ0v) is 18.1. The predicted molar refractivity (Wildman–Crippen MR) is 122 cm³/mol. The highest BCUT2D eigenvalue weighted by Crippen LogP contribution is 2.18. The quantitative estimate of drug-likeness (QED) is 0.517. The number of piperidine rings is 1. The molecule has 0 spiro atoms. The van der Waals surface area contributed by atoms with Gasteiger partial charge in [0.15, 0.2) is 6.61 Å². The van der Waals surface area contributed by atoms with E-state index in [1.807, 2.05) is 71.8 Å². The maximum atomic E-state index is 12.3. The van der Waals surface area contributed by atoms with Gasteiger partial charge in [-0.05, 0) is 60.9 Å². The van der Waals surface area contributed by atoms with Gasteiger partial charge in [-0.1, -0.05) is 30.3 Å². The second-order valence-corrected chi connectivity index (χ2v) is 8.16. The van der Waals surface area contributed by atoms with Crippen molar-refractivity contribution in [3.05, 3.63) is 66.2 Å². The average molecular weight is 425 g/mol. The Kier molecular flexibility index (Phi) is 8.39. The molecule has 0 unspecified atom stereocenters. The Bertz CT molecular complexity index is 845. The third kappa shape index (κ3) is 6.95. The number of thioether (sulfide) groups is 1. The molecule has 0 atom stereocenters. The molecule has 1 aliphatic rings. The molecule has 30 heavy (non-hydrogen) atoms. The summed E-state index contributed by atoms with van der Waals surface area (Å²) in [4.78, 5) is 27.5. The highest BCUT2D eigenvalue weighted by molar-refractivity contribution is 7.98. The lowest BCUT2D eigenvalue weighted by Crippen LogP contribution is -2.43. The van der Waals surface area contributed by atoms with E-state index in [0.717, 1.165) is 18.4 Å². The first-order valence-electron chi connectivity index (χ1n) is 10.2. The van der Waals surface area contributed by atoms with Crippen LogP contribution in [0.1, 0.15) is 18.4 Å². The zero-order valence-electron chi connectivity index (χ0n) is 17.3. The summed E-state index contributed by atoms with van der Waals surface area (Å²) in [6.45, 7) is 2.11. The van der Waals surface area contributed by atoms with Gasteiger partial charge >= 0.3 is 0 Å². The topological polar surface area (TPSA) is 58.6 Å². The van der Waals surface area contributed by atoms with Crippen molar-refractivity contribution in [2.75, 3.05) is 32.5 Å². The molecule has 3 rings (SSSR count). The van der Waals surface area contributed by atoms with Crippen LogP contribution in [0.2, 0.25) is 0 Å². The normalized spacial score (nSPS) is 14.6. The fraction of sp³-hybridized carbons (Fsp3) is 0.333. The van der Waals surface area contributed by atoms with Crippen LogP contribution in [-0.2, 0) is 9.59 Å². The molecular formula is C24H28N2O3S. The minimum absolute atomic E-state index is 0.0109. The van der Waals surface area contributed by atoms with Gasteiger partial charge in [-0.25, -0.2) is 0 Å². The molecule has 1 heterocycles. The van der Waals surface area contributed by atoms with Gasteiger partial charge < -0.3 is 15.0 Å². The van der Waals surface area contributed by atoms with Crippen molar-refractivity contribution in [3.63, 3.8) is 0 Å². The lowest BCUT2D eigenvalue weighted by atomic mass is 9.96. The second-order valence-electron chi connectivity index (χ2n) is 7.28.